The number of benzene rings is 2. The van der Waals surface area contributed by atoms with Crippen LogP contribution in [-0.2, 0) is 0 Å². The Bertz CT molecular complexity index is 958. The van der Waals surface area contributed by atoms with Gasteiger partial charge in [-0.15, -0.1) is 11.3 Å². The van der Waals surface area contributed by atoms with E-state index in [4.69, 9.17) is 4.74 Å². The summed E-state index contributed by atoms with van der Waals surface area (Å²) in [6, 6.07) is 17.9. The first-order chi connectivity index (χ1) is 12.7. The van der Waals surface area contributed by atoms with Crippen molar-refractivity contribution in [2.75, 3.05) is 11.9 Å². The van der Waals surface area contributed by atoms with Crippen LogP contribution in [0.2, 0.25) is 0 Å². The highest BCUT2D eigenvalue weighted by Crippen LogP contribution is 2.27. The van der Waals surface area contributed by atoms with Crippen LogP contribution in [0.4, 0.5) is 5.69 Å². The molecule has 0 fully saturated rings. The van der Waals surface area contributed by atoms with Crippen LogP contribution >= 0.6 is 33.9 Å². The Labute approximate surface area is 170 Å². The molecule has 0 radical (unpaired) electrons. The Balaban J connectivity index is 1.79. The maximum atomic E-state index is 9.49. The van der Waals surface area contributed by atoms with Crippen LogP contribution in [0.1, 0.15) is 11.9 Å². The summed E-state index contributed by atoms with van der Waals surface area (Å²) < 4.78 is 6.55. The van der Waals surface area contributed by atoms with Gasteiger partial charge in [-0.1, -0.05) is 12.1 Å². The zero-order valence-corrected chi connectivity index (χ0v) is 17.0. The third-order valence-corrected chi connectivity index (χ3v) is 5.38. The minimum Gasteiger partial charge on any atom is -0.494 e. The molecule has 1 N–H and O–H groups in total. The molecule has 3 rings (SSSR count). The molecule has 26 heavy (non-hydrogen) atoms. The van der Waals surface area contributed by atoms with Gasteiger partial charge in [0.25, 0.3) is 0 Å². The second kappa shape index (κ2) is 8.83. The molecule has 4 nitrogen and oxygen atoms in total. The lowest BCUT2D eigenvalue weighted by molar-refractivity contribution is 0.340. The molecule has 0 aliphatic carbocycles. The first-order valence-corrected chi connectivity index (χ1v) is 9.97. The number of hydrogen-bond donors (Lipinski definition) is 1. The number of nitriles is 1. The minimum absolute atomic E-state index is 0.506. The van der Waals surface area contributed by atoms with Crippen molar-refractivity contribution in [1.82, 2.24) is 4.98 Å². The third-order valence-electron chi connectivity index (χ3n) is 3.56. The Morgan fingerprint density at radius 3 is 2.73 bits per heavy atom. The van der Waals surface area contributed by atoms with E-state index in [0.717, 1.165) is 26.3 Å². The molecule has 0 aliphatic heterocycles. The van der Waals surface area contributed by atoms with Gasteiger partial charge in [-0.25, -0.2) is 4.98 Å². The molecule has 0 atom stereocenters. The van der Waals surface area contributed by atoms with E-state index in [-0.39, 0.29) is 0 Å². The number of halogens is 1. The van der Waals surface area contributed by atoms with E-state index >= 15 is 0 Å². The molecule has 130 valence electrons. The largest absolute Gasteiger partial charge is 0.494 e. The van der Waals surface area contributed by atoms with Crippen molar-refractivity contribution >= 4 is 45.2 Å². The van der Waals surface area contributed by atoms with Gasteiger partial charge < -0.3 is 10.1 Å². The van der Waals surface area contributed by atoms with Gasteiger partial charge in [0.1, 0.15) is 22.4 Å². The predicted octanol–water partition coefficient (Wildman–Crippen LogP) is 5.79. The van der Waals surface area contributed by atoms with Crippen LogP contribution in [0.25, 0.3) is 16.8 Å². The summed E-state index contributed by atoms with van der Waals surface area (Å²) in [6.45, 7) is 2.60. The second-order valence-corrected chi connectivity index (χ2v) is 7.31. The predicted molar refractivity (Wildman–Crippen MR) is 115 cm³/mol. The van der Waals surface area contributed by atoms with E-state index in [1.807, 2.05) is 60.8 Å². The molecule has 0 aliphatic rings. The number of hydrogen-bond acceptors (Lipinski definition) is 5. The number of aromatic nitrogens is 1. The Kier molecular flexibility index (Phi) is 6.26. The lowest BCUT2D eigenvalue weighted by Gasteiger charge is -2.04. The summed E-state index contributed by atoms with van der Waals surface area (Å²) in [7, 11) is 0. The summed E-state index contributed by atoms with van der Waals surface area (Å²) in [6.07, 6.45) is 1.71. The summed E-state index contributed by atoms with van der Waals surface area (Å²) in [5, 5.41) is 15.3. The number of nitrogens with zero attached hydrogens (tertiary/aromatic N) is 2. The summed E-state index contributed by atoms with van der Waals surface area (Å²) >= 11 is 3.71. The smallest absolute Gasteiger partial charge is 0.136 e. The van der Waals surface area contributed by atoms with Crippen molar-refractivity contribution in [2.24, 2.45) is 0 Å². The highest BCUT2D eigenvalue weighted by Gasteiger charge is 2.09. The highest BCUT2D eigenvalue weighted by molar-refractivity contribution is 14.1. The molecule has 0 unspecified atom stereocenters. The molecule has 0 saturated heterocycles. The van der Waals surface area contributed by atoms with Gasteiger partial charge >= 0.3 is 0 Å². The number of ether oxygens (including phenoxy) is 1. The highest BCUT2D eigenvalue weighted by atomic mass is 127. The number of rotatable bonds is 6. The molecule has 0 bridgehead atoms. The van der Waals surface area contributed by atoms with Crippen LogP contribution in [0.15, 0.2) is 60.1 Å². The minimum atomic E-state index is 0.506. The van der Waals surface area contributed by atoms with E-state index in [2.05, 4.69) is 39.0 Å². The van der Waals surface area contributed by atoms with Crippen LogP contribution in [-0.4, -0.2) is 11.6 Å². The fraction of sp³-hybridized carbons (Fsp3) is 0.100. The van der Waals surface area contributed by atoms with Crippen molar-refractivity contribution in [3.8, 4) is 23.1 Å². The van der Waals surface area contributed by atoms with Crippen molar-refractivity contribution in [2.45, 2.75) is 6.92 Å². The van der Waals surface area contributed by atoms with E-state index in [9.17, 15) is 5.26 Å². The molecule has 1 heterocycles. The number of nitrogens with one attached hydrogen (secondary N) is 1. The SMILES string of the molecule is CCOc1ccc(-c2csc(/C(C#N)=C/Nc3ccccc3I)n2)cc1. The van der Waals surface area contributed by atoms with Gasteiger partial charge in [0.2, 0.25) is 0 Å². The van der Waals surface area contributed by atoms with Gasteiger partial charge in [-0.3, -0.25) is 0 Å². The number of para-hydroxylation sites is 1. The normalized spacial score (nSPS) is 11.0. The quantitative estimate of drug-likeness (QED) is 0.364. The monoisotopic (exact) mass is 473 g/mol. The average Bonchev–Trinajstić information content (AvgIpc) is 3.14. The molecule has 2 aromatic carbocycles. The van der Waals surface area contributed by atoms with E-state index in [0.29, 0.717) is 17.2 Å². The first kappa shape index (κ1) is 18.4. The number of anilines is 1. The molecular formula is C20H16IN3OS. The van der Waals surface area contributed by atoms with Gasteiger partial charge in [0.05, 0.1) is 18.0 Å². The lowest BCUT2D eigenvalue weighted by Crippen LogP contribution is -1.93. The molecular weight excluding hydrogens is 457 g/mol. The summed E-state index contributed by atoms with van der Waals surface area (Å²) in [5.41, 5.74) is 3.32. The molecule has 0 saturated carbocycles. The van der Waals surface area contributed by atoms with Crippen molar-refractivity contribution in [1.29, 1.82) is 5.26 Å². The third kappa shape index (κ3) is 4.42. The summed E-state index contributed by atoms with van der Waals surface area (Å²) in [4.78, 5) is 4.61. The van der Waals surface area contributed by atoms with Crippen LogP contribution in [0.3, 0.4) is 0 Å². The van der Waals surface area contributed by atoms with Crippen molar-refractivity contribution < 1.29 is 4.74 Å². The lowest BCUT2D eigenvalue weighted by atomic mass is 10.2. The van der Waals surface area contributed by atoms with Gasteiger partial charge in [-0.05, 0) is 65.9 Å². The molecule has 0 spiro atoms. The zero-order valence-electron chi connectivity index (χ0n) is 14.1. The second-order valence-electron chi connectivity index (χ2n) is 5.29. The van der Waals surface area contributed by atoms with Crippen molar-refractivity contribution in [3.63, 3.8) is 0 Å². The average molecular weight is 473 g/mol. The van der Waals surface area contributed by atoms with Crippen molar-refractivity contribution in [3.05, 3.63) is 68.7 Å². The molecule has 0 amide bonds. The van der Waals surface area contributed by atoms with Gasteiger partial charge in [0, 0.05) is 20.7 Å². The Morgan fingerprint density at radius 1 is 1.27 bits per heavy atom. The van der Waals surface area contributed by atoms with Gasteiger partial charge in [-0.2, -0.15) is 5.26 Å². The molecule has 6 heteroatoms. The first-order valence-electron chi connectivity index (χ1n) is 8.01. The zero-order chi connectivity index (χ0) is 18.4. The van der Waals surface area contributed by atoms with E-state index in [1.165, 1.54) is 11.3 Å². The van der Waals surface area contributed by atoms with E-state index in [1.54, 1.807) is 6.20 Å². The number of allylic oxidation sites excluding steroid dienone is 1. The van der Waals surface area contributed by atoms with Gasteiger partial charge in [0.15, 0.2) is 0 Å². The van der Waals surface area contributed by atoms with Crippen LogP contribution in [0, 0.1) is 14.9 Å². The molecule has 1 aromatic heterocycles. The topological polar surface area (TPSA) is 57.9 Å². The standard InChI is InChI=1S/C20H16IN3OS/c1-2-25-16-9-7-14(8-10-16)19-13-26-20(24-19)15(11-22)12-23-18-6-4-3-5-17(18)21/h3-10,12-13,23H,2H2,1H3/b15-12+. The Hall–Kier alpha value is -2.37. The van der Waals surface area contributed by atoms with Crippen LogP contribution in [0.5, 0.6) is 5.75 Å². The fourth-order valence-corrected chi connectivity index (χ4v) is 3.63. The maximum Gasteiger partial charge on any atom is 0.136 e. The molecule has 3 aromatic rings. The van der Waals surface area contributed by atoms with E-state index < -0.39 is 0 Å². The maximum absolute atomic E-state index is 9.49. The number of thiazole rings is 1. The van der Waals surface area contributed by atoms with Crippen LogP contribution < -0.4 is 10.1 Å². The summed E-state index contributed by atoms with van der Waals surface area (Å²) in [5.74, 6) is 0.839. The fourth-order valence-electron chi connectivity index (χ4n) is 2.29. The Morgan fingerprint density at radius 2 is 2.04 bits per heavy atom.